The zero-order valence-electron chi connectivity index (χ0n) is 13.2. The molecule has 1 fully saturated rings. The highest BCUT2D eigenvalue weighted by Gasteiger charge is 2.28. The van der Waals surface area contributed by atoms with Gasteiger partial charge in [0, 0.05) is 42.8 Å². The molecule has 0 bridgehead atoms. The third-order valence-corrected chi connectivity index (χ3v) is 4.50. The van der Waals surface area contributed by atoms with Gasteiger partial charge in [-0.1, -0.05) is 23.7 Å². The molecule has 6 heteroatoms. The summed E-state index contributed by atoms with van der Waals surface area (Å²) in [5.41, 5.74) is 3.24. The van der Waals surface area contributed by atoms with E-state index in [1.807, 2.05) is 36.1 Å². The molecule has 122 valence electrons. The number of carbonyl (C=O) groups is 1. The van der Waals surface area contributed by atoms with Gasteiger partial charge in [0.05, 0.1) is 12.0 Å². The number of aromatic nitrogens is 2. The Morgan fingerprint density at radius 1 is 1.48 bits per heavy atom. The minimum absolute atomic E-state index is 0.193. The van der Waals surface area contributed by atoms with Gasteiger partial charge in [-0.15, -0.1) is 0 Å². The largest absolute Gasteiger partial charge is 0.348 e. The summed E-state index contributed by atoms with van der Waals surface area (Å²) in [5.74, 6) is 0.211. The molecule has 0 spiro atoms. The van der Waals surface area contributed by atoms with E-state index in [9.17, 15) is 4.79 Å². The molecule has 0 aliphatic carbocycles. The van der Waals surface area contributed by atoms with Gasteiger partial charge in [-0.25, -0.2) is 4.98 Å². The Morgan fingerprint density at radius 2 is 2.35 bits per heavy atom. The normalized spacial score (nSPS) is 17.9. The molecule has 1 aromatic heterocycles. The van der Waals surface area contributed by atoms with Crippen LogP contribution < -0.4 is 5.32 Å². The summed E-state index contributed by atoms with van der Waals surface area (Å²) < 4.78 is 0. The molecular weight excluding hydrogens is 312 g/mol. The third-order valence-electron chi connectivity index (χ3n) is 4.27. The number of benzene rings is 1. The second-order valence-corrected chi connectivity index (χ2v) is 6.41. The molecule has 1 aliphatic rings. The maximum absolute atomic E-state index is 12.1. The van der Waals surface area contributed by atoms with E-state index in [0.29, 0.717) is 13.0 Å². The van der Waals surface area contributed by atoms with Gasteiger partial charge in [0.25, 0.3) is 0 Å². The Morgan fingerprint density at radius 3 is 3.09 bits per heavy atom. The summed E-state index contributed by atoms with van der Waals surface area (Å²) in [4.78, 5) is 21.4. The van der Waals surface area contributed by atoms with Crippen LogP contribution in [0.3, 0.4) is 0 Å². The van der Waals surface area contributed by atoms with Crippen molar-refractivity contribution in [2.24, 2.45) is 0 Å². The maximum Gasteiger partial charge on any atom is 0.224 e. The van der Waals surface area contributed by atoms with Crippen molar-refractivity contribution in [3.63, 3.8) is 0 Å². The predicted octanol–water partition coefficient (Wildman–Crippen LogP) is 2.30. The van der Waals surface area contributed by atoms with Gasteiger partial charge in [-0.2, -0.15) is 0 Å². The van der Waals surface area contributed by atoms with E-state index in [1.54, 1.807) is 6.33 Å². The van der Waals surface area contributed by atoms with E-state index in [1.165, 1.54) is 0 Å². The number of imidazole rings is 1. The molecule has 1 atom stereocenters. The number of hydrogen-bond donors (Lipinski definition) is 2. The van der Waals surface area contributed by atoms with Crippen LogP contribution in [0.4, 0.5) is 0 Å². The summed E-state index contributed by atoms with van der Waals surface area (Å²) in [5, 5.41) is 4.17. The highest BCUT2D eigenvalue weighted by Crippen LogP contribution is 2.15. The van der Waals surface area contributed by atoms with Crippen molar-refractivity contribution in [2.75, 3.05) is 13.1 Å². The Bertz CT molecular complexity index is 685. The molecule has 2 aromatic rings. The molecule has 3 rings (SSSR count). The minimum Gasteiger partial charge on any atom is -0.348 e. The van der Waals surface area contributed by atoms with Crippen LogP contribution in [0, 0.1) is 6.92 Å². The van der Waals surface area contributed by atoms with Gasteiger partial charge in [0.1, 0.15) is 0 Å². The second-order valence-electron chi connectivity index (χ2n) is 5.98. The summed E-state index contributed by atoms with van der Waals surface area (Å²) >= 11 is 6.00. The topological polar surface area (TPSA) is 61.0 Å². The van der Waals surface area contributed by atoms with E-state index in [4.69, 9.17) is 11.6 Å². The molecule has 2 heterocycles. The Hall–Kier alpha value is -1.85. The average Bonchev–Trinajstić information content (AvgIpc) is 3.09. The number of amides is 1. The number of rotatable bonds is 6. The number of H-pyrrole nitrogens is 1. The van der Waals surface area contributed by atoms with E-state index < -0.39 is 0 Å². The highest BCUT2D eigenvalue weighted by atomic mass is 35.5. The standard InChI is InChI=1S/C17H21ClN4O/c1-12-16(21-11-20-12)9-19-15-8-17(23)22(10-15)6-5-13-3-2-4-14(18)7-13/h2-4,7,11,15,19H,5-6,8-10H2,1H3,(H,20,21). The van der Waals surface area contributed by atoms with Crippen molar-refractivity contribution in [2.45, 2.75) is 32.4 Å². The summed E-state index contributed by atoms with van der Waals surface area (Å²) in [6.07, 6.45) is 3.08. The van der Waals surface area contributed by atoms with Crippen LogP contribution in [0.15, 0.2) is 30.6 Å². The monoisotopic (exact) mass is 332 g/mol. The van der Waals surface area contributed by atoms with E-state index in [-0.39, 0.29) is 11.9 Å². The second kappa shape index (κ2) is 7.15. The van der Waals surface area contributed by atoms with Gasteiger partial charge < -0.3 is 15.2 Å². The van der Waals surface area contributed by atoms with Crippen molar-refractivity contribution >= 4 is 17.5 Å². The lowest BCUT2D eigenvalue weighted by Gasteiger charge is -2.17. The van der Waals surface area contributed by atoms with Crippen LogP contribution in [-0.2, 0) is 17.8 Å². The summed E-state index contributed by atoms with van der Waals surface area (Å²) in [6.45, 7) is 4.18. The lowest BCUT2D eigenvalue weighted by molar-refractivity contribution is -0.127. The number of aromatic amines is 1. The summed E-state index contributed by atoms with van der Waals surface area (Å²) in [6, 6.07) is 8.00. The molecule has 0 saturated carbocycles. The zero-order chi connectivity index (χ0) is 16.2. The zero-order valence-corrected chi connectivity index (χ0v) is 13.9. The summed E-state index contributed by atoms with van der Waals surface area (Å²) in [7, 11) is 0. The molecule has 5 nitrogen and oxygen atoms in total. The number of nitrogens with one attached hydrogen (secondary N) is 2. The van der Waals surface area contributed by atoms with E-state index in [0.717, 1.165) is 41.5 Å². The Kier molecular flexibility index (Phi) is 4.98. The number of likely N-dealkylation sites (tertiary alicyclic amines) is 1. The minimum atomic E-state index is 0.193. The molecule has 1 amide bonds. The third kappa shape index (κ3) is 4.12. The molecular formula is C17H21ClN4O. The van der Waals surface area contributed by atoms with Gasteiger partial charge in [-0.3, -0.25) is 4.79 Å². The van der Waals surface area contributed by atoms with Crippen molar-refractivity contribution in [1.29, 1.82) is 0 Å². The number of nitrogens with zero attached hydrogens (tertiary/aromatic N) is 2. The van der Waals surface area contributed by atoms with Crippen molar-refractivity contribution in [3.05, 3.63) is 52.6 Å². The first-order chi connectivity index (χ1) is 11.1. The van der Waals surface area contributed by atoms with Crippen LogP contribution in [0.1, 0.15) is 23.4 Å². The molecule has 1 unspecified atom stereocenters. The molecule has 2 N–H and O–H groups in total. The first-order valence-electron chi connectivity index (χ1n) is 7.86. The van der Waals surface area contributed by atoms with Gasteiger partial charge >= 0.3 is 0 Å². The molecule has 1 saturated heterocycles. The SMILES string of the molecule is Cc1[nH]cnc1CNC1CC(=O)N(CCc2cccc(Cl)c2)C1. The van der Waals surface area contributed by atoms with Crippen LogP contribution in [0.5, 0.6) is 0 Å². The van der Waals surface area contributed by atoms with Crippen LogP contribution in [-0.4, -0.2) is 39.9 Å². The fourth-order valence-corrected chi connectivity index (χ4v) is 3.10. The highest BCUT2D eigenvalue weighted by molar-refractivity contribution is 6.30. The molecule has 23 heavy (non-hydrogen) atoms. The fourth-order valence-electron chi connectivity index (χ4n) is 2.89. The van der Waals surface area contributed by atoms with Gasteiger partial charge in [0.2, 0.25) is 5.91 Å². The lowest BCUT2D eigenvalue weighted by atomic mass is 10.1. The maximum atomic E-state index is 12.1. The molecule has 1 aromatic carbocycles. The number of aryl methyl sites for hydroxylation is 1. The quantitative estimate of drug-likeness (QED) is 0.853. The number of halogens is 1. The van der Waals surface area contributed by atoms with Gasteiger partial charge in [0.15, 0.2) is 0 Å². The Labute approximate surface area is 141 Å². The predicted molar refractivity (Wildman–Crippen MR) is 90.3 cm³/mol. The van der Waals surface area contributed by atoms with Crippen LogP contribution >= 0.6 is 11.6 Å². The van der Waals surface area contributed by atoms with E-state index >= 15 is 0 Å². The van der Waals surface area contributed by atoms with Crippen LogP contribution in [0.2, 0.25) is 5.02 Å². The van der Waals surface area contributed by atoms with Gasteiger partial charge in [-0.05, 0) is 31.0 Å². The van der Waals surface area contributed by atoms with Crippen LogP contribution in [0.25, 0.3) is 0 Å². The van der Waals surface area contributed by atoms with Crippen molar-refractivity contribution in [3.8, 4) is 0 Å². The first kappa shape index (κ1) is 16.0. The average molecular weight is 333 g/mol. The Balaban J connectivity index is 1.48. The van der Waals surface area contributed by atoms with Crippen molar-refractivity contribution in [1.82, 2.24) is 20.2 Å². The lowest BCUT2D eigenvalue weighted by Crippen LogP contribution is -2.33. The van der Waals surface area contributed by atoms with Crippen molar-refractivity contribution < 1.29 is 4.79 Å². The number of hydrogen-bond acceptors (Lipinski definition) is 3. The fraction of sp³-hybridized carbons (Fsp3) is 0.412. The molecule has 0 radical (unpaired) electrons. The smallest absolute Gasteiger partial charge is 0.224 e. The molecule has 1 aliphatic heterocycles. The number of carbonyl (C=O) groups excluding carboxylic acids is 1. The first-order valence-corrected chi connectivity index (χ1v) is 8.24. The van der Waals surface area contributed by atoms with E-state index in [2.05, 4.69) is 15.3 Å².